The fourth-order valence-electron chi connectivity index (χ4n) is 2.19. The minimum Gasteiger partial charge on any atom is -0.229 e. The van der Waals surface area contributed by atoms with Gasteiger partial charge in [-0.3, -0.25) is 0 Å². The molecule has 7 heteroatoms. The van der Waals surface area contributed by atoms with Crippen molar-refractivity contribution < 1.29 is 8.42 Å². The van der Waals surface area contributed by atoms with Crippen LogP contribution in [0.3, 0.4) is 0 Å². The van der Waals surface area contributed by atoms with Crippen LogP contribution in [0, 0.1) is 12.3 Å². The highest BCUT2D eigenvalue weighted by atomic mass is 32.2. The molecule has 2 rings (SSSR count). The van der Waals surface area contributed by atoms with Gasteiger partial charge in [0.2, 0.25) is 10.0 Å². The van der Waals surface area contributed by atoms with Gasteiger partial charge in [-0.25, -0.2) is 17.7 Å². The van der Waals surface area contributed by atoms with Gasteiger partial charge in [0.05, 0.1) is 17.6 Å². The first kappa shape index (κ1) is 18.0. The molecular formula is C17H20N4O2S. The zero-order valence-corrected chi connectivity index (χ0v) is 14.6. The number of aromatic nitrogens is 3. The predicted molar refractivity (Wildman–Crippen MR) is 93.5 cm³/mol. The Morgan fingerprint density at radius 2 is 1.96 bits per heavy atom. The average Bonchev–Trinajstić information content (AvgIpc) is 2.59. The predicted octanol–water partition coefficient (Wildman–Crippen LogP) is 1.93. The summed E-state index contributed by atoms with van der Waals surface area (Å²) in [5.41, 5.74) is 1.56. The minimum atomic E-state index is -3.40. The zero-order valence-electron chi connectivity index (χ0n) is 13.8. The Labute approximate surface area is 143 Å². The van der Waals surface area contributed by atoms with Crippen LogP contribution in [0.1, 0.15) is 24.6 Å². The van der Waals surface area contributed by atoms with Crippen molar-refractivity contribution in [2.24, 2.45) is 0 Å². The zero-order chi connectivity index (χ0) is 17.6. The topological polar surface area (TPSA) is 76.1 Å². The fourth-order valence-corrected chi connectivity index (χ4v) is 3.31. The highest BCUT2D eigenvalue weighted by Crippen LogP contribution is 2.23. The summed E-state index contributed by atoms with van der Waals surface area (Å²) in [7, 11) is -0.382. The molecule has 0 aliphatic heterocycles. The Morgan fingerprint density at radius 3 is 2.58 bits per heavy atom. The molecule has 1 aromatic carbocycles. The van der Waals surface area contributed by atoms with Gasteiger partial charge in [-0.05, 0) is 6.42 Å². The van der Waals surface area contributed by atoms with Crippen molar-refractivity contribution in [3.63, 3.8) is 0 Å². The van der Waals surface area contributed by atoms with Crippen LogP contribution in [-0.2, 0) is 10.0 Å². The van der Waals surface area contributed by atoms with E-state index >= 15 is 0 Å². The standard InChI is InChI=1S/C17H20N4O2S/c1-4-5-9-15(13-24(22,23)21(2)3)17-19-16(12-18-20-17)14-10-7-6-8-11-14/h1,6-8,10-12,15H,5,9,13H2,2-3H3. The Bertz CT molecular complexity index is 814. The molecule has 0 amide bonds. The number of hydrogen-bond donors (Lipinski definition) is 0. The van der Waals surface area contributed by atoms with Crippen molar-refractivity contribution in [2.45, 2.75) is 18.8 Å². The first-order chi connectivity index (χ1) is 11.4. The first-order valence-corrected chi connectivity index (χ1v) is 9.13. The van der Waals surface area contributed by atoms with Gasteiger partial charge in [-0.1, -0.05) is 30.3 Å². The lowest BCUT2D eigenvalue weighted by Crippen LogP contribution is -2.29. The van der Waals surface area contributed by atoms with E-state index in [1.54, 1.807) is 6.20 Å². The second kappa shape index (κ2) is 7.99. The molecule has 2 aromatic rings. The molecule has 1 heterocycles. The molecule has 0 N–H and O–H groups in total. The van der Waals surface area contributed by atoms with Crippen molar-refractivity contribution in [2.75, 3.05) is 19.8 Å². The lowest BCUT2D eigenvalue weighted by molar-refractivity contribution is 0.507. The SMILES string of the molecule is C#CCCC(CS(=O)(=O)N(C)C)c1nncc(-c2ccccc2)n1. The summed E-state index contributed by atoms with van der Waals surface area (Å²) in [5.74, 6) is 2.45. The molecule has 0 fully saturated rings. The van der Waals surface area contributed by atoms with Crippen LogP contribution in [0.5, 0.6) is 0 Å². The van der Waals surface area contributed by atoms with Gasteiger partial charge < -0.3 is 0 Å². The van der Waals surface area contributed by atoms with E-state index in [0.29, 0.717) is 24.4 Å². The second-order valence-corrected chi connectivity index (χ2v) is 7.79. The summed E-state index contributed by atoms with van der Waals surface area (Å²) in [5, 5.41) is 8.04. The minimum absolute atomic E-state index is 0.0956. The molecule has 0 aliphatic carbocycles. The maximum absolute atomic E-state index is 12.2. The third-order valence-corrected chi connectivity index (χ3v) is 5.55. The van der Waals surface area contributed by atoms with E-state index in [9.17, 15) is 8.42 Å². The maximum atomic E-state index is 12.2. The van der Waals surface area contributed by atoms with Crippen LogP contribution < -0.4 is 0 Å². The number of sulfonamides is 1. The molecule has 24 heavy (non-hydrogen) atoms. The van der Waals surface area contributed by atoms with Crippen molar-refractivity contribution in [1.29, 1.82) is 0 Å². The summed E-state index contributed by atoms with van der Waals surface area (Å²) in [6, 6.07) is 9.56. The van der Waals surface area contributed by atoms with E-state index in [-0.39, 0.29) is 5.75 Å². The van der Waals surface area contributed by atoms with Gasteiger partial charge in [0, 0.05) is 32.0 Å². The number of benzene rings is 1. The molecule has 0 radical (unpaired) electrons. The van der Waals surface area contributed by atoms with E-state index in [1.165, 1.54) is 18.4 Å². The molecule has 0 bridgehead atoms. The molecule has 6 nitrogen and oxygen atoms in total. The summed E-state index contributed by atoms with van der Waals surface area (Å²) >= 11 is 0. The van der Waals surface area contributed by atoms with E-state index in [1.807, 2.05) is 30.3 Å². The third-order valence-electron chi connectivity index (χ3n) is 3.62. The van der Waals surface area contributed by atoms with Crippen LogP contribution in [0.15, 0.2) is 36.5 Å². The number of nitrogens with zero attached hydrogens (tertiary/aromatic N) is 4. The van der Waals surface area contributed by atoms with Crippen LogP contribution in [0.2, 0.25) is 0 Å². The lowest BCUT2D eigenvalue weighted by atomic mass is 10.0. The van der Waals surface area contributed by atoms with Gasteiger partial charge >= 0.3 is 0 Å². The third kappa shape index (κ3) is 4.60. The van der Waals surface area contributed by atoms with E-state index in [0.717, 1.165) is 5.56 Å². The molecule has 1 aromatic heterocycles. The monoisotopic (exact) mass is 344 g/mol. The highest BCUT2D eigenvalue weighted by molar-refractivity contribution is 7.89. The van der Waals surface area contributed by atoms with E-state index < -0.39 is 15.9 Å². The summed E-state index contributed by atoms with van der Waals surface area (Å²) < 4.78 is 25.7. The largest absolute Gasteiger partial charge is 0.229 e. The smallest absolute Gasteiger partial charge is 0.214 e. The second-order valence-electron chi connectivity index (χ2n) is 5.57. The van der Waals surface area contributed by atoms with Crippen molar-refractivity contribution in [3.8, 4) is 23.6 Å². The molecule has 0 saturated heterocycles. The Kier molecular flexibility index (Phi) is 6.01. The molecule has 1 unspecified atom stereocenters. The van der Waals surface area contributed by atoms with E-state index in [4.69, 9.17) is 6.42 Å². The van der Waals surface area contributed by atoms with Gasteiger partial charge in [0.25, 0.3) is 0 Å². The molecule has 0 saturated carbocycles. The van der Waals surface area contributed by atoms with Crippen molar-refractivity contribution in [3.05, 3.63) is 42.4 Å². The molecule has 0 aliphatic rings. The summed E-state index contributed by atoms with van der Waals surface area (Å²) in [4.78, 5) is 4.51. The first-order valence-electron chi connectivity index (χ1n) is 7.52. The van der Waals surface area contributed by atoms with Gasteiger partial charge in [0.1, 0.15) is 0 Å². The normalized spacial score (nSPS) is 12.8. The fraction of sp³-hybridized carbons (Fsp3) is 0.353. The van der Waals surface area contributed by atoms with Crippen LogP contribution in [0.4, 0.5) is 0 Å². The Hall–Kier alpha value is -2.30. The summed E-state index contributed by atoms with van der Waals surface area (Å²) in [6.07, 6.45) is 7.84. The van der Waals surface area contributed by atoms with Crippen LogP contribution >= 0.6 is 0 Å². The Morgan fingerprint density at radius 1 is 1.25 bits per heavy atom. The van der Waals surface area contributed by atoms with Crippen LogP contribution in [0.25, 0.3) is 11.3 Å². The quantitative estimate of drug-likeness (QED) is 0.717. The lowest BCUT2D eigenvalue weighted by Gasteiger charge is -2.18. The van der Waals surface area contributed by atoms with Crippen molar-refractivity contribution in [1.82, 2.24) is 19.5 Å². The number of hydrogen-bond acceptors (Lipinski definition) is 5. The maximum Gasteiger partial charge on any atom is 0.214 e. The molecular weight excluding hydrogens is 324 g/mol. The molecule has 1 atom stereocenters. The molecule has 126 valence electrons. The number of terminal acetylenes is 1. The van der Waals surface area contributed by atoms with Crippen LogP contribution in [-0.4, -0.2) is 47.8 Å². The van der Waals surface area contributed by atoms with Crippen molar-refractivity contribution >= 4 is 10.0 Å². The highest BCUT2D eigenvalue weighted by Gasteiger charge is 2.25. The van der Waals surface area contributed by atoms with E-state index in [2.05, 4.69) is 21.1 Å². The van der Waals surface area contributed by atoms with Gasteiger partial charge in [-0.15, -0.1) is 17.4 Å². The van der Waals surface area contributed by atoms with Gasteiger partial charge in [0.15, 0.2) is 5.82 Å². The average molecular weight is 344 g/mol. The summed E-state index contributed by atoms with van der Waals surface area (Å²) in [6.45, 7) is 0. The Balaban J connectivity index is 2.35. The molecule has 0 spiro atoms. The number of rotatable bonds is 7. The van der Waals surface area contributed by atoms with Gasteiger partial charge in [-0.2, -0.15) is 5.10 Å².